The molecule has 0 saturated carbocycles. The highest BCUT2D eigenvalue weighted by atomic mass is 79.9. The Balaban J connectivity index is 2.09. The van der Waals surface area contributed by atoms with Crippen molar-refractivity contribution in [1.82, 2.24) is 10.2 Å². The lowest BCUT2D eigenvalue weighted by atomic mass is 10.4. The van der Waals surface area contributed by atoms with Crippen molar-refractivity contribution in [2.24, 2.45) is 0 Å². The fraction of sp³-hybridized carbons (Fsp3) is 0.636. The van der Waals surface area contributed by atoms with Crippen molar-refractivity contribution < 1.29 is 4.74 Å². The van der Waals surface area contributed by atoms with Crippen LogP contribution in [0.4, 0.5) is 0 Å². The molecule has 0 bridgehead atoms. The molecule has 0 spiro atoms. The summed E-state index contributed by atoms with van der Waals surface area (Å²) in [7, 11) is 3.87. The number of nitrogens with zero attached hydrogens (tertiary/aromatic N) is 1. The highest BCUT2D eigenvalue weighted by Gasteiger charge is 2.02. The third-order valence-electron chi connectivity index (χ3n) is 2.21. The third-order valence-corrected chi connectivity index (χ3v) is 3.82. The maximum atomic E-state index is 4.97. The predicted molar refractivity (Wildman–Crippen MR) is 73.1 cm³/mol. The van der Waals surface area contributed by atoms with Crippen LogP contribution >= 0.6 is 27.3 Å². The van der Waals surface area contributed by atoms with Gasteiger partial charge in [0.25, 0.3) is 0 Å². The van der Waals surface area contributed by atoms with Crippen LogP contribution in [0.1, 0.15) is 4.88 Å². The van der Waals surface area contributed by atoms with Crippen LogP contribution in [0.2, 0.25) is 0 Å². The van der Waals surface area contributed by atoms with Gasteiger partial charge in [0.2, 0.25) is 0 Å². The first-order valence-corrected chi connectivity index (χ1v) is 6.95. The third kappa shape index (κ3) is 5.96. The summed E-state index contributed by atoms with van der Waals surface area (Å²) in [5.41, 5.74) is 0. The van der Waals surface area contributed by atoms with Crippen LogP contribution in [-0.2, 0) is 11.3 Å². The van der Waals surface area contributed by atoms with Crippen molar-refractivity contribution in [2.75, 3.05) is 40.4 Å². The summed E-state index contributed by atoms with van der Waals surface area (Å²) in [6, 6.07) is 4.27. The van der Waals surface area contributed by atoms with Gasteiger partial charge in [-0.05, 0) is 35.1 Å². The van der Waals surface area contributed by atoms with Crippen molar-refractivity contribution in [3.8, 4) is 0 Å². The number of rotatable bonds is 8. The van der Waals surface area contributed by atoms with Crippen molar-refractivity contribution >= 4 is 27.3 Å². The normalized spacial score (nSPS) is 11.2. The van der Waals surface area contributed by atoms with Gasteiger partial charge in [0, 0.05) is 38.2 Å². The van der Waals surface area contributed by atoms with Gasteiger partial charge < -0.3 is 15.0 Å². The summed E-state index contributed by atoms with van der Waals surface area (Å²) in [6.07, 6.45) is 0. The summed E-state index contributed by atoms with van der Waals surface area (Å²) < 4.78 is 6.17. The van der Waals surface area contributed by atoms with E-state index < -0.39 is 0 Å². The Bertz CT molecular complexity index is 293. The van der Waals surface area contributed by atoms with Crippen molar-refractivity contribution in [2.45, 2.75) is 6.54 Å². The molecule has 0 radical (unpaired) electrons. The Morgan fingerprint density at radius 2 is 2.25 bits per heavy atom. The fourth-order valence-electron chi connectivity index (χ4n) is 1.35. The fourth-order valence-corrected chi connectivity index (χ4v) is 2.91. The first-order chi connectivity index (χ1) is 7.72. The molecule has 1 N–H and O–H groups in total. The Labute approximate surface area is 110 Å². The molecule has 0 amide bonds. The average molecular weight is 307 g/mol. The van der Waals surface area contributed by atoms with E-state index in [1.165, 1.54) is 8.66 Å². The molecule has 0 aromatic carbocycles. The Morgan fingerprint density at radius 3 is 2.88 bits per heavy atom. The Hall–Kier alpha value is 0.0600. The first-order valence-electron chi connectivity index (χ1n) is 5.35. The number of halogens is 1. The van der Waals surface area contributed by atoms with Crippen LogP contribution in [0.25, 0.3) is 0 Å². The molecule has 0 unspecified atom stereocenters. The largest absolute Gasteiger partial charge is 0.383 e. The van der Waals surface area contributed by atoms with E-state index in [-0.39, 0.29) is 0 Å². The summed E-state index contributed by atoms with van der Waals surface area (Å²) in [6.45, 7) is 4.78. The highest BCUT2D eigenvalue weighted by molar-refractivity contribution is 9.11. The molecular formula is C11H19BrN2OS. The second kappa shape index (κ2) is 8.20. The molecule has 3 nitrogen and oxygen atoms in total. The monoisotopic (exact) mass is 306 g/mol. The Morgan fingerprint density at radius 1 is 1.44 bits per heavy atom. The topological polar surface area (TPSA) is 24.5 Å². The maximum absolute atomic E-state index is 4.97. The minimum Gasteiger partial charge on any atom is -0.383 e. The zero-order valence-corrected chi connectivity index (χ0v) is 12.2. The second-order valence-corrected chi connectivity index (χ2v) is 6.23. The molecule has 16 heavy (non-hydrogen) atoms. The van der Waals surface area contributed by atoms with E-state index in [0.29, 0.717) is 0 Å². The van der Waals surface area contributed by atoms with Crippen molar-refractivity contribution in [1.29, 1.82) is 0 Å². The molecule has 1 aromatic heterocycles. The SMILES string of the molecule is COCCNCCN(C)Cc1ccc(Br)s1. The smallest absolute Gasteiger partial charge is 0.0701 e. The van der Waals surface area contributed by atoms with E-state index in [1.807, 2.05) is 0 Å². The number of likely N-dealkylation sites (N-methyl/N-ethyl adjacent to an activating group) is 1. The molecule has 0 aliphatic heterocycles. The molecule has 1 rings (SSSR count). The number of thiophene rings is 1. The molecule has 0 aliphatic rings. The summed E-state index contributed by atoms with van der Waals surface area (Å²) in [5, 5.41) is 3.34. The molecule has 0 fully saturated rings. The van der Waals surface area contributed by atoms with E-state index in [4.69, 9.17) is 4.74 Å². The molecular weight excluding hydrogens is 288 g/mol. The number of nitrogens with one attached hydrogen (secondary N) is 1. The van der Waals surface area contributed by atoms with Gasteiger partial charge in [0.1, 0.15) is 0 Å². The second-order valence-electron chi connectivity index (χ2n) is 3.69. The van der Waals surface area contributed by atoms with Crippen LogP contribution in [0.3, 0.4) is 0 Å². The van der Waals surface area contributed by atoms with Crippen LogP contribution in [-0.4, -0.2) is 45.3 Å². The summed E-state index contributed by atoms with van der Waals surface area (Å²) in [4.78, 5) is 3.71. The van der Waals surface area contributed by atoms with Gasteiger partial charge in [0.05, 0.1) is 10.4 Å². The number of hydrogen-bond donors (Lipinski definition) is 1. The van der Waals surface area contributed by atoms with Gasteiger partial charge in [-0.3, -0.25) is 0 Å². The van der Waals surface area contributed by atoms with Crippen molar-refractivity contribution in [3.05, 3.63) is 20.8 Å². The first kappa shape index (κ1) is 14.1. The van der Waals surface area contributed by atoms with Gasteiger partial charge in [-0.2, -0.15) is 0 Å². The minimum atomic E-state index is 0.779. The minimum absolute atomic E-state index is 0.779. The van der Waals surface area contributed by atoms with E-state index in [1.54, 1.807) is 18.4 Å². The van der Waals surface area contributed by atoms with E-state index >= 15 is 0 Å². The molecule has 92 valence electrons. The van der Waals surface area contributed by atoms with Crippen LogP contribution < -0.4 is 5.32 Å². The lowest BCUT2D eigenvalue weighted by Gasteiger charge is -2.15. The predicted octanol–water partition coefficient (Wildman–Crippen LogP) is 2.18. The summed E-state index contributed by atoms with van der Waals surface area (Å²) >= 11 is 5.27. The summed E-state index contributed by atoms with van der Waals surface area (Å²) in [5.74, 6) is 0. The molecule has 5 heteroatoms. The van der Waals surface area contributed by atoms with Gasteiger partial charge in [0.15, 0.2) is 0 Å². The molecule has 1 aromatic rings. The van der Waals surface area contributed by atoms with Crippen LogP contribution in [0.5, 0.6) is 0 Å². The zero-order valence-electron chi connectivity index (χ0n) is 9.83. The Kier molecular flexibility index (Phi) is 7.23. The number of methoxy groups -OCH3 is 1. The van der Waals surface area contributed by atoms with Gasteiger partial charge >= 0.3 is 0 Å². The van der Waals surface area contributed by atoms with E-state index in [2.05, 4.69) is 45.3 Å². The molecule has 1 heterocycles. The average Bonchev–Trinajstić information content (AvgIpc) is 2.63. The molecule has 0 aliphatic carbocycles. The lowest BCUT2D eigenvalue weighted by molar-refractivity contribution is 0.197. The van der Waals surface area contributed by atoms with E-state index in [9.17, 15) is 0 Å². The van der Waals surface area contributed by atoms with Crippen molar-refractivity contribution in [3.63, 3.8) is 0 Å². The maximum Gasteiger partial charge on any atom is 0.0701 e. The highest BCUT2D eigenvalue weighted by Crippen LogP contribution is 2.22. The van der Waals surface area contributed by atoms with Gasteiger partial charge in [-0.15, -0.1) is 11.3 Å². The molecule has 0 saturated heterocycles. The van der Waals surface area contributed by atoms with E-state index in [0.717, 1.165) is 32.8 Å². The molecule has 0 atom stereocenters. The standard InChI is InChI=1S/C11H19BrN2OS/c1-14(7-5-13-6-8-15-2)9-10-3-4-11(12)16-10/h3-4,13H,5-9H2,1-2H3. The van der Waals surface area contributed by atoms with Gasteiger partial charge in [-0.1, -0.05) is 0 Å². The number of hydrogen-bond acceptors (Lipinski definition) is 4. The van der Waals surface area contributed by atoms with Gasteiger partial charge in [-0.25, -0.2) is 0 Å². The lowest BCUT2D eigenvalue weighted by Crippen LogP contribution is -2.30. The quantitative estimate of drug-likeness (QED) is 0.745. The van der Waals surface area contributed by atoms with Crippen LogP contribution in [0, 0.1) is 0 Å². The zero-order chi connectivity index (χ0) is 11.8. The number of ether oxygens (including phenoxy) is 1. The van der Waals surface area contributed by atoms with Crippen LogP contribution in [0.15, 0.2) is 15.9 Å².